The summed E-state index contributed by atoms with van der Waals surface area (Å²) in [7, 11) is 0. The summed E-state index contributed by atoms with van der Waals surface area (Å²) in [4.78, 5) is 14.6. The second kappa shape index (κ2) is 4.04. The largest absolute Gasteiger partial charge is 0.389 e. The minimum absolute atomic E-state index is 0.155. The maximum Gasteiger partial charge on any atom is 0.186 e. The molecule has 1 aliphatic rings. The third-order valence-corrected chi connectivity index (χ3v) is 3.60. The van der Waals surface area contributed by atoms with Gasteiger partial charge in [0.1, 0.15) is 0 Å². The Morgan fingerprint density at radius 1 is 1.73 bits per heavy atom. The lowest BCUT2D eigenvalue weighted by molar-refractivity contribution is 0.0670. The van der Waals surface area contributed by atoms with Gasteiger partial charge in [-0.3, -0.25) is 9.69 Å². The number of hydrogen-bond donors (Lipinski definition) is 1. The van der Waals surface area contributed by atoms with Crippen molar-refractivity contribution in [3.63, 3.8) is 0 Å². The Hall–Kier alpha value is -0.710. The molecule has 3 nitrogen and oxygen atoms in total. The summed E-state index contributed by atoms with van der Waals surface area (Å²) in [6, 6.07) is 3.74. The van der Waals surface area contributed by atoms with Crippen LogP contribution in [-0.4, -0.2) is 41.0 Å². The van der Waals surface area contributed by atoms with Gasteiger partial charge in [0.2, 0.25) is 0 Å². The van der Waals surface area contributed by atoms with E-state index in [1.54, 1.807) is 0 Å². The van der Waals surface area contributed by atoms with E-state index in [9.17, 15) is 9.90 Å². The molecule has 0 aliphatic carbocycles. The summed E-state index contributed by atoms with van der Waals surface area (Å²) >= 11 is 1.48. The van der Waals surface area contributed by atoms with Crippen molar-refractivity contribution in [2.75, 3.05) is 19.6 Å². The molecule has 1 aliphatic heterocycles. The smallest absolute Gasteiger partial charge is 0.186 e. The van der Waals surface area contributed by atoms with Crippen LogP contribution in [0.1, 0.15) is 23.0 Å². The number of ketones is 1. The van der Waals surface area contributed by atoms with Gasteiger partial charge in [-0.25, -0.2) is 0 Å². The number of Topliss-reactive ketones (excluding diaryl/α,β-unsaturated/α-hetero) is 1. The molecular weight excluding hydrogens is 210 g/mol. The molecule has 15 heavy (non-hydrogen) atoms. The van der Waals surface area contributed by atoms with Crippen molar-refractivity contribution in [2.45, 2.75) is 18.9 Å². The molecule has 0 spiro atoms. The van der Waals surface area contributed by atoms with Gasteiger partial charge in [-0.15, -0.1) is 11.3 Å². The van der Waals surface area contributed by atoms with Gasteiger partial charge in [0.25, 0.3) is 0 Å². The van der Waals surface area contributed by atoms with Crippen LogP contribution < -0.4 is 0 Å². The first-order valence-corrected chi connectivity index (χ1v) is 5.96. The van der Waals surface area contributed by atoms with Gasteiger partial charge in [0.15, 0.2) is 5.78 Å². The van der Waals surface area contributed by atoms with Crippen LogP contribution in [-0.2, 0) is 0 Å². The topological polar surface area (TPSA) is 40.5 Å². The van der Waals surface area contributed by atoms with Crippen LogP contribution in [0.2, 0.25) is 0 Å². The Morgan fingerprint density at radius 2 is 2.53 bits per heavy atom. The number of likely N-dealkylation sites (tertiary alicyclic amines) is 1. The molecule has 0 amide bonds. The van der Waals surface area contributed by atoms with E-state index in [1.807, 2.05) is 29.3 Å². The van der Waals surface area contributed by atoms with Crippen molar-refractivity contribution in [3.05, 3.63) is 22.4 Å². The summed E-state index contributed by atoms with van der Waals surface area (Å²) in [5.41, 5.74) is -0.615. The van der Waals surface area contributed by atoms with Gasteiger partial charge < -0.3 is 5.11 Å². The normalized spacial score (nSPS) is 27.1. The Morgan fingerprint density at radius 3 is 3.07 bits per heavy atom. The van der Waals surface area contributed by atoms with Crippen molar-refractivity contribution in [1.29, 1.82) is 0 Å². The van der Waals surface area contributed by atoms with Crippen LogP contribution in [0.5, 0.6) is 0 Å². The first-order valence-electron chi connectivity index (χ1n) is 5.08. The fourth-order valence-corrected chi connectivity index (χ4v) is 2.55. The Balaban J connectivity index is 1.91. The first-order chi connectivity index (χ1) is 7.07. The van der Waals surface area contributed by atoms with E-state index in [0.717, 1.165) is 17.8 Å². The third-order valence-electron chi connectivity index (χ3n) is 2.69. The van der Waals surface area contributed by atoms with Gasteiger partial charge in [-0.1, -0.05) is 6.07 Å². The summed E-state index contributed by atoms with van der Waals surface area (Å²) in [6.07, 6.45) is 0.755. The Bertz CT molecular complexity index is 345. The number of aliphatic hydroxyl groups is 1. The molecule has 1 aromatic heterocycles. The van der Waals surface area contributed by atoms with Crippen LogP contribution >= 0.6 is 11.3 Å². The Kier molecular flexibility index (Phi) is 2.91. The number of carbonyl (C=O) groups is 1. The molecular formula is C11H15NO2S. The fraction of sp³-hybridized carbons (Fsp3) is 0.545. The molecule has 82 valence electrons. The van der Waals surface area contributed by atoms with Gasteiger partial charge in [0.05, 0.1) is 17.0 Å². The zero-order valence-electron chi connectivity index (χ0n) is 8.77. The van der Waals surface area contributed by atoms with Crippen molar-refractivity contribution < 1.29 is 9.90 Å². The van der Waals surface area contributed by atoms with E-state index in [4.69, 9.17) is 0 Å². The maximum atomic E-state index is 11.8. The molecule has 2 rings (SSSR count). The van der Waals surface area contributed by atoms with Crippen molar-refractivity contribution in [3.8, 4) is 0 Å². The number of carbonyl (C=O) groups excluding carboxylic acids is 1. The maximum absolute atomic E-state index is 11.8. The average Bonchev–Trinajstić information content (AvgIpc) is 2.74. The molecule has 0 radical (unpaired) electrons. The van der Waals surface area contributed by atoms with Crippen molar-refractivity contribution in [1.82, 2.24) is 4.90 Å². The van der Waals surface area contributed by atoms with Gasteiger partial charge in [-0.05, 0) is 24.8 Å². The molecule has 0 saturated carbocycles. The molecule has 1 unspecified atom stereocenters. The SMILES string of the molecule is CC1(O)CCN(CC(=O)c2cccs2)C1. The minimum atomic E-state index is -0.615. The fourth-order valence-electron chi connectivity index (χ4n) is 1.89. The van der Waals surface area contributed by atoms with Crippen LogP contribution in [0.25, 0.3) is 0 Å². The minimum Gasteiger partial charge on any atom is -0.389 e. The van der Waals surface area contributed by atoms with E-state index in [2.05, 4.69) is 0 Å². The summed E-state index contributed by atoms with van der Waals surface area (Å²) < 4.78 is 0. The number of rotatable bonds is 3. The second-order valence-electron chi connectivity index (χ2n) is 4.36. The lowest BCUT2D eigenvalue weighted by Gasteiger charge is -2.17. The van der Waals surface area contributed by atoms with Crippen molar-refractivity contribution >= 4 is 17.1 Å². The van der Waals surface area contributed by atoms with Gasteiger partial charge in [-0.2, -0.15) is 0 Å². The molecule has 1 atom stereocenters. The molecule has 0 bridgehead atoms. The molecule has 1 aromatic rings. The van der Waals surface area contributed by atoms with E-state index >= 15 is 0 Å². The second-order valence-corrected chi connectivity index (χ2v) is 5.31. The molecule has 1 N–H and O–H groups in total. The predicted octanol–water partition coefficient (Wildman–Crippen LogP) is 1.39. The van der Waals surface area contributed by atoms with Gasteiger partial charge in [0, 0.05) is 13.1 Å². The monoisotopic (exact) mass is 225 g/mol. The van der Waals surface area contributed by atoms with E-state index in [1.165, 1.54) is 11.3 Å². The van der Waals surface area contributed by atoms with E-state index in [0.29, 0.717) is 13.1 Å². The lowest BCUT2D eigenvalue weighted by Crippen LogP contribution is -2.32. The number of β-amino-alcohol motifs (C(OH)–C–C–N with tert-alkyl or cyclic N) is 1. The number of nitrogens with zero attached hydrogens (tertiary/aromatic N) is 1. The predicted molar refractivity (Wildman–Crippen MR) is 60.3 cm³/mol. The molecule has 0 aromatic carbocycles. The molecule has 1 fully saturated rings. The average molecular weight is 225 g/mol. The zero-order chi connectivity index (χ0) is 10.9. The van der Waals surface area contributed by atoms with Crippen LogP contribution in [0.3, 0.4) is 0 Å². The summed E-state index contributed by atoms with van der Waals surface area (Å²) in [6.45, 7) is 3.66. The van der Waals surface area contributed by atoms with E-state index in [-0.39, 0.29) is 5.78 Å². The highest BCUT2D eigenvalue weighted by atomic mass is 32.1. The van der Waals surface area contributed by atoms with E-state index < -0.39 is 5.60 Å². The zero-order valence-corrected chi connectivity index (χ0v) is 9.59. The Labute approximate surface area is 93.3 Å². The molecule has 2 heterocycles. The van der Waals surface area contributed by atoms with Crippen molar-refractivity contribution in [2.24, 2.45) is 0 Å². The van der Waals surface area contributed by atoms with Gasteiger partial charge >= 0.3 is 0 Å². The molecule has 1 saturated heterocycles. The van der Waals surface area contributed by atoms with Crippen LogP contribution in [0.4, 0.5) is 0 Å². The summed E-state index contributed by atoms with van der Waals surface area (Å²) in [5.74, 6) is 0.155. The first kappa shape index (κ1) is 10.8. The number of thiophene rings is 1. The third kappa shape index (κ3) is 2.65. The van der Waals surface area contributed by atoms with Crippen LogP contribution in [0.15, 0.2) is 17.5 Å². The number of hydrogen-bond acceptors (Lipinski definition) is 4. The highest BCUT2D eigenvalue weighted by Gasteiger charge is 2.32. The standard InChI is InChI=1S/C11H15NO2S/c1-11(14)4-5-12(8-11)7-9(13)10-3-2-6-15-10/h2-3,6,14H,4-5,7-8H2,1H3. The van der Waals surface area contributed by atoms with Crippen LogP contribution in [0, 0.1) is 0 Å². The highest BCUT2D eigenvalue weighted by Crippen LogP contribution is 2.20. The lowest BCUT2D eigenvalue weighted by atomic mass is 10.1. The molecule has 4 heteroatoms. The summed E-state index contributed by atoms with van der Waals surface area (Å²) in [5, 5.41) is 11.7. The quantitative estimate of drug-likeness (QED) is 0.790. The highest BCUT2D eigenvalue weighted by molar-refractivity contribution is 7.12.